The highest BCUT2D eigenvalue weighted by atomic mass is 35.5. The van der Waals surface area contributed by atoms with Gasteiger partial charge in [0.1, 0.15) is 23.5 Å². The molecule has 0 saturated heterocycles. The normalized spacial score (nSPS) is 18.4. The van der Waals surface area contributed by atoms with Crippen molar-refractivity contribution < 1.29 is 22.6 Å². The van der Waals surface area contributed by atoms with Gasteiger partial charge in [0.2, 0.25) is 27.7 Å². The summed E-state index contributed by atoms with van der Waals surface area (Å²) < 4.78 is 47.4. The van der Waals surface area contributed by atoms with Crippen LogP contribution in [0.4, 0.5) is 5.95 Å². The van der Waals surface area contributed by atoms with Crippen LogP contribution in [0.2, 0.25) is 5.02 Å². The van der Waals surface area contributed by atoms with Crippen molar-refractivity contribution in [1.29, 1.82) is 0 Å². The highest BCUT2D eigenvalue weighted by Crippen LogP contribution is 2.58. The molecule has 36 heavy (non-hydrogen) atoms. The summed E-state index contributed by atoms with van der Waals surface area (Å²) >= 11 is 5.87. The van der Waals surface area contributed by atoms with Crippen LogP contribution in [-0.2, 0) is 14.8 Å². The molecule has 1 aliphatic rings. The quantitative estimate of drug-likeness (QED) is 0.404. The smallest absolute Gasteiger partial charge is 0.245 e. The molecule has 3 atom stereocenters. The van der Waals surface area contributed by atoms with Gasteiger partial charge in [0.05, 0.1) is 19.2 Å². The standard InChI is InChI=1S/C21H27ClN8O5S/c1-11(15(33-4)16-23-8-12(22)9-24-16)36(31,32)29-20-28-27-17(13-7-21(13,2)3)30(20)14-18(34-5)25-10-26-19(14)35-6/h8-11,13,15H,7H2,1-6H3,(H,28,29)/t11?,13-,15?/m1/s1. The van der Waals surface area contributed by atoms with Crippen molar-refractivity contribution in [3.8, 4) is 17.4 Å². The molecule has 0 amide bonds. The lowest BCUT2D eigenvalue weighted by atomic mass is 10.1. The average molecular weight is 539 g/mol. The first-order valence-electron chi connectivity index (χ1n) is 10.9. The van der Waals surface area contributed by atoms with E-state index in [2.05, 4.69) is 48.7 Å². The van der Waals surface area contributed by atoms with Gasteiger partial charge in [-0.15, -0.1) is 10.2 Å². The molecule has 194 valence electrons. The third kappa shape index (κ3) is 4.80. The predicted octanol–water partition coefficient (Wildman–Crippen LogP) is 2.55. The molecule has 4 rings (SSSR count). The van der Waals surface area contributed by atoms with Crippen molar-refractivity contribution in [2.45, 2.75) is 44.5 Å². The van der Waals surface area contributed by atoms with Crippen molar-refractivity contribution in [1.82, 2.24) is 34.7 Å². The van der Waals surface area contributed by atoms with Crippen LogP contribution in [0.5, 0.6) is 11.8 Å². The molecule has 0 aromatic carbocycles. The van der Waals surface area contributed by atoms with Crippen LogP contribution in [0.15, 0.2) is 18.7 Å². The molecule has 3 aromatic rings. The zero-order valence-corrected chi connectivity index (χ0v) is 22.2. The van der Waals surface area contributed by atoms with E-state index in [0.717, 1.165) is 6.42 Å². The maximum atomic E-state index is 13.5. The summed E-state index contributed by atoms with van der Waals surface area (Å²) in [5.41, 5.74) is 0.233. The zero-order chi connectivity index (χ0) is 26.3. The van der Waals surface area contributed by atoms with E-state index in [1.165, 1.54) is 51.5 Å². The summed E-state index contributed by atoms with van der Waals surface area (Å²) in [5, 5.41) is 7.70. The summed E-state index contributed by atoms with van der Waals surface area (Å²) in [7, 11) is 0.154. The predicted molar refractivity (Wildman–Crippen MR) is 130 cm³/mol. The second-order valence-corrected chi connectivity index (χ2v) is 11.4. The molecule has 0 bridgehead atoms. The second kappa shape index (κ2) is 9.75. The van der Waals surface area contributed by atoms with Crippen molar-refractivity contribution >= 4 is 27.6 Å². The van der Waals surface area contributed by atoms with Crippen molar-refractivity contribution in [2.24, 2.45) is 5.41 Å². The first-order chi connectivity index (χ1) is 17.0. The summed E-state index contributed by atoms with van der Waals surface area (Å²) in [5.74, 6) is 0.975. The van der Waals surface area contributed by atoms with Crippen molar-refractivity contribution in [2.75, 3.05) is 26.1 Å². The summed E-state index contributed by atoms with van der Waals surface area (Å²) in [6, 6.07) is 0. The SMILES string of the molecule is COc1ncnc(OC)c1-n1c(NS(=O)(=O)C(C)C(OC)c2ncc(Cl)cn2)nnc1[C@H]1CC1(C)C. The molecule has 2 unspecified atom stereocenters. The molecule has 3 heterocycles. The van der Waals surface area contributed by atoms with Crippen LogP contribution in [-0.4, -0.2) is 69.7 Å². The molecule has 3 aromatic heterocycles. The third-order valence-electron chi connectivity index (χ3n) is 6.18. The Kier molecular flexibility index (Phi) is 7.03. The fourth-order valence-electron chi connectivity index (χ4n) is 3.91. The molecule has 1 fully saturated rings. The Morgan fingerprint density at radius 1 is 1.08 bits per heavy atom. The number of nitrogens with one attached hydrogen (secondary N) is 1. The number of aromatic nitrogens is 7. The molecular weight excluding hydrogens is 512 g/mol. The van der Waals surface area contributed by atoms with Gasteiger partial charge < -0.3 is 14.2 Å². The summed E-state index contributed by atoms with van der Waals surface area (Å²) in [6.07, 6.45) is 3.88. The van der Waals surface area contributed by atoms with E-state index in [1.807, 2.05) is 0 Å². The summed E-state index contributed by atoms with van der Waals surface area (Å²) in [6.45, 7) is 5.66. The van der Waals surface area contributed by atoms with Gasteiger partial charge in [0.25, 0.3) is 0 Å². The van der Waals surface area contributed by atoms with Crippen LogP contribution in [0.3, 0.4) is 0 Å². The van der Waals surface area contributed by atoms with E-state index in [9.17, 15) is 8.42 Å². The van der Waals surface area contributed by atoms with E-state index in [1.54, 1.807) is 0 Å². The Morgan fingerprint density at radius 3 is 2.17 bits per heavy atom. The van der Waals surface area contributed by atoms with Crippen LogP contribution in [0.1, 0.15) is 50.9 Å². The number of anilines is 1. The first-order valence-corrected chi connectivity index (χ1v) is 12.9. The van der Waals surface area contributed by atoms with Gasteiger partial charge in [-0.3, -0.25) is 9.29 Å². The number of hydrogen-bond acceptors (Lipinski definition) is 11. The first kappa shape index (κ1) is 26.0. The van der Waals surface area contributed by atoms with Gasteiger partial charge >= 0.3 is 0 Å². The molecule has 1 aliphatic carbocycles. The Labute approximate surface area is 213 Å². The lowest BCUT2D eigenvalue weighted by Gasteiger charge is -2.22. The van der Waals surface area contributed by atoms with Crippen LogP contribution in [0, 0.1) is 5.41 Å². The maximum absolute atomic E-state index is 13.5. The van der Waals surface area contributed by atoms with Gasteiger partial charge in [-0.1, -0.05) is 25.4 Å². The highest BCUT2D eigenvalue weighted by molar-refractivity contribution is 7.93. The van der Waals surface area contributed by atoms with E-state index in [0.29, 0.717) is 10.8 Å². The van der Waals surface area contributed by atoms with E-state index >= 15 is 0 Å². The van der Waals surface area contributed by atoms with Gasteiger partial charge in [0.15, 0.2) is 11.5 Å². The average Bonchev–Trinajstić information content (AvgIpc) is 3.30. The minimum absolute atomic E-state index is 0.0180. The van der Waals surface area contributed by atoms with Gasteiger partial charge in [0, 0.05) is 25.4 Å². The maximum Gasteiger partial charge on any atom is 0.245 e. The van der Waals surface area contributed by atoms with Crippen LogP contribution >= 0.6 is 11.6 Å². The molecule has 0 aliphatic heterocycles. The minimum Gasteiger partial charge on any atom is -0.479 e. The fourth-order valence-corrected chi connectivity index (χ4v) is 5.14. The largest absolute Gasteiger partial charge is 0.479 e. The van der Waals surface area contributed by atoms with E-state index < -0.39 is 21.4 Å². The number of rotatable bonds is 10. The van der Waals surface area contributed by atoms with Gasteiger partial charge in [-0.25, -0.2) is 18.4 Å². The number of methoxy groups -OCH3 is 3. The van der Waals surface area contributed by atoms with Gasteiger partial charge in [-0.05, 0) is 18.8 Å². The zero-order valence-electron chi connectivity index (χ0n) is 20.6. The minimum atomic E-state index is -4.11. The topological polar surface area (TPSA) is 156 Å². The fraction of sp³-hybridized carbons (Fsp3) is 0.524. The molecule has 15 heteroatoms. The van der Waals surface area contributed by atoms with Gasteiger partial charge in [-0.2, -0.15) is 9.97 Å². The number of hydrogen-bond donors (Lipinski definition) is 1. The Hall–Kier alpha value is -3.10. The van der Waals surface area contributed by atoms with Crippen molar-refractivity contribution in [3.05, 3.63) is 35.4 Å². The number of halogens is 1. The number of ether oxygens (including phenoxy) is 3. The molecule has 0 radical (unpaired) electrons. The lowest BCUT2D eigenvalue weighted by molar-refractivity contribution is 0.0950. The third-order valence-corrected chi connectivity index (χ3v) is 8.07. The molecule has 13 nitrogen and oxygen atoms in total. The molecule has 1 saturated carbocycles. The number of sulfonamides is 1. The summed E-state index contributed by atoms with van der Waals surface area (Å²) in [4.78, 5) is 16.6. The Morgan fingerprint density at radius 2 is 1.67 bits per heavy atom. The molecule has 1 N–H and O–H groups in total. The van der Waals surface area contributed by atoms with Crippen LogP contribution < -0.4 is 14.2 Å². The number of nitrogens with zero attached hydrogens (tertiary/aromatic N) is 7. The Balaban J connectivity index is 1.78. The second-order valence-electron chi connectivity index (χ2n) is 8.97. The van der Waals surface area contributed by atoms with Crippen LogP contribution in [0.25, 0.3) is 5.69 Å². The molecule has 0 spiro atoms. The monoisotopic (exact) mass is 538 g/mol. The van der Waals surface area contributed by atoms with Crippen molar-refractivity contribution in [3.63, 3.8) is 0 Å². The Bertz CT molecular complexity index is 1330. The van der Waals surface area contributed by atoms with E-state index in [4.69, 9.17) is 25.8 Å². The lowest BCUT2D eigenvalue weighted by Crippen LogP contribution is -2.33. The molecular formula is C21H27ClN8O5S. The van der Waals surface area contributed by atoms with E-state index in [-0.39, 0.29) is 40.6 Å². The highest BCUT2D eigenvalue weighted by Gasteiger charge is 2.50.